The smallest absolute Gasteiger partial charge is 0.275 e. The molecule has 1 aromatic carbocycles. The van der Waals surface area contributed by atoms with Crippen LogP contribution in [0.1, 0.15) is 36.2 Å². The van der Waals surface area contributed by atoms with Gasteiger partial charge in [-0.05, 0) is 37.8 Å². The Morgan fingerprint density at radius 1 is 1.11 bits per heavy atom. The van der Waals surface area contributed by atoms with Gasteiger partial charge in [0.1, 0.15) is 11.4 Å². The van der Waals surface area contributed by atoms with Crippen LogP contribution < -0.4 is 10.1 Å². The average Bonchev–Trinajstić information content (AvgIpc) is 3.33. The predicted octanol–water partition coefficient (Wildman–Crippen LogP) is 4.11. The maximum Gasteiger partial charge on any atom is 0.275 e. The number of carbonyl (C=O) groups excluding carboxylic acids is 1. The largest absolute Gasteiger partial charge is 0.496 e. The molecule has 0 aliphatic heterocycles. The molecule has 1 amide bonds. The number of fused-ring (bicyclic) bond motifs is 1. The lowest BCUT2D eigenvalue weighted by Gasteiger charge is -2.27. The van der Waals surface area contributed by atoms with Crippen LogP contribution in [0.25, 0.3) is 33.4 Å². The zero-order chi connectivity index (χ0) is 25.2. The van der Waals surface area contributed by atoms with E-state index >= 15 is 0 Å². The lowest BCUT2D eigenvalue weighted by Crippen LogP contribution is -2.31. The summed E-state index contributed by atoms with van der Waals surface area (Å²) >= 11 is 0. The Hall–Kier alpha value is -3.98. The van der Waals surface area contributed by atoms with Gasteiger partial charge in [0.25, 0.3) is 5.91 Å². The summed E-state index contributed by atoms with van der Waals surface area (Å²) in [7, 11) is 5.05. The Morgan fingerprint density at radius 3 is 2.64 bits per heavy atom. The molecule has 3 N–H and O–H groups in total. The van der Waals surface area contributed by atoms with Crippen LogP contribution in [0.3, 0.4) is 0 Å². The molecule has 0 unspecified atom stereocenters. The fourth-order valence-electron chi connectivity index (χ4n) is 4.64. The standard InChI is InChI=1S/C27H30N6O3/c1-33(2)27(35)24-26(31-17-8-10-18(34)11-9-17)30-15-22(32-24)16-12-20-21(14-29-25(20)28-13-16)19-6-4-5-7-23(19)36-3/h4-7,12-15,17-18,34H,8-11H2,1-3H3,(H,28,29)(H,30,31)/t17-,18-. The normalized spacial score (nSPS) is 17.7. The number of hydrogen-bond acceptors (Lipinski definition) is 7. The summed E-state index contributed by atoms with van der Waals surface area (Å²) in [6.07, 6.45) is 8.17. The summed E-state index contributed by atoms with van der Waals surface area (Å²) in [5, 5.41) is 14.1. The number of aromatic nitrogens is 4. The Bertz CT molecular complexity index is 1390. The topological polar surface area (TPSA) is 116 Å². The molecule has 9 heteroatoms. The van der Waals surface area contributed by atoms with Crippen molar-refractivity contribution in [3.8, 4) is 28.1 Å². The number of ether oxygens (including phenoxy) is 1. The highest BCUT2D eigenvalue weighted by Gasteiger charge is 2.24. The van der Waals surface area contributed by atoms with Gasteiger partial charge in [0.15, 0.2) is 11.5 Å². The van der Waals surface area contributed by atoms with Crippen LogP contribution in [-0.4, -0.2) is 69.2 Å². The highest BCUT2D eigenvalue weighted by molar-refractivity contribution is 5.98. The number of aliphatic hydroxyl groups excluding tert-OH is 1. The summed E-state index contributed by atoms with van der Waals surface area (Å²) in [5.74, 6) is 1.01. The van der Waals surface area contributed by atoms with E-state index in [1.165, 1.54) is 4.90 Å². The number of methoxy groups -OCH3 is 1. The molecule has 0 saturated heterocycles. The van der Waals surface area contributed by atoms with Crippen LogP contribution in [0.15, 0.2) is 48.9 Å². The first-order valence-electron chi connectivity index (χ1n) is 12.1. The Labute approximate surface area is 209 Å². The number of nitrogens with zero attached hydrogens (tertiary/aromatic N) is 4. The number of para-hydroxylation sites is 1. The third kappa shape index (κ3) is 4.61. The van der Waals surface area contributed by atoms with Crippen molar-refractivity contribution in [2.75, 3.05) is 26.5 Å². The van der Waals surface area contributed by atoms with E-state index in [1.807, 2.05) is 36.5 Å². The van der Waals surface area contributed by atoms with Gasteiger partial charge in [0, 0.05) is 54.6 Å². The number of amides is 1. The number of aromatic amines is 1. The van der Waals surface area contributed by atoms with Crippen LogP contribution in [0, 0.1) is 0 Å². The van der Waals surface area contributed by atoms with Crippen molar-refractivity contribution < 1.29 is 14.6 Å². The van der Waals surface area contributed by atoms with Gasteiger partial charge < -0.3 is 25.0 Å². The van der Waals surface area contributed by atoms with E-state index in [1.54, 1.807) is 33.6 Å². The lowest BCUT2D eigenvalue weighted by molar-refractivity contribution is 0.0822. The van der Waals surface area contributed by atoms with Crippen LogP contribution in [-0.2, 0) is 0 Å². The molecule has 36 heavy (non-hydrogen) atoms. The minimum Gasteiger partial charge on any atom is -0.496 e. The fourth-order valence-corrected chi connectivity index (χ4v) is 4.64. The molecule has 1 fully saturated rings. The third-order valence-electron chi connectivity index (χ3n) is 6.64. The number of pyridine rings is 1. The zero-order valence-corrected chi connectivity index (χ0v) is 20.7. The van der Waals surface area contributed by atoms with Gasteiger partial charge in [-0.2, -0.15) is 0 Å². The maximum absolute atomic E-state index is 13.0. The number of hydrogen-bond donors (Lipinski definition) is 3. The summed E-state index contributed by atoms with van der Waals surface area (Å²) < 4.78 is 5.56. The SMILES string of the molecule is COc1ccccc1-c1c[nH]c2ncc(-c3cnc(N[C@H]4CC[C@H](O)CC4)c(C(=O)N(C)C)n3)cc12. The molecular formula is C27H30N6O3. The molecule has 0 atom stereocenters. The molecule has 0 spiro atoms. The molecule has 0 bridgehead atoms. The molecule has 5 rings (SSSR count). The van der Waals surface area contributed by atoms with Gasteiger partial charge in [-0.15, -0.1) is 0 Å². The number of rotatable bonds is 6. The number of H-pyrrole nitrogens is 1. The van der Waals surface area contributed by atoms with E-state index in [9.17, 15) is 9.90 Å². The second-order valence-corrected chi connectivity index (χ2v) is 9.32. The summed E-state index contributed by atoms with van der Waals surface area (Å²) in [5.41, 5.74) is 4.25. The van der Waals surface area contributed by atoms with Crippen molar-refractivity contribution >= 4 is 22.8 Å². The second-order valence-electron chi connectivity index (χ2n) is 9.32. The molecule has 3 aromatic heterocycles. The molecule has 1 saturated carbocycles. The molecule has 1 aliphatic carbocycles. The molecule has 0 radical (unpaired) electrons. The first kappa shape index (κ1) is 23.7. The van der Waals surface area contributed by atoms with Gasteiger partial charge in [-0.25, -0.2) is 15.0 Å². The molecule has 186 valence electrons. The van der Waals surface area contributed by atoms with E-state index in [0.29, 0.717) is 11.5 Å². The minimum absolute atomic E-state index is 0.142. The second kappa shape index (κ2) is 9.94. The Balaban J connectivity index is 1.53. The zero-order valence-electron chi connectivity index (χ0n) is 20.7. The number of nitrogens with one attached hydrogen (secondary N) is 2. The van der Waals surface area contributed by atoms with Crippen LogP contribution >= 0.6 is 0 Å². The Kier molecular flexibility index (Phi) is 6.56. The first-order valence-corrected chi connectivity index (χ1v) is 12.1. The summed E-state index contributed by atoms with van der Waals surface area (Å²) in [4.78, 5) is 31.7. The van der Waals surface area contributed by atoms with Crippen molar-refractivity contribution in [3.63, 3.8) is 0 Å². The maximum atomic E-state index is 13.0. The van der Waals surface area contributed by atoms with Crippen LogP contribution in [0.2, 0.25) is 0 Å². The van der Waals surface area contributed by atoms with Crippen LogP contribution in [0.4, 0.5) is 5.82 Å². The first-order chi connectivity index (χ1) is 17.4. The van der Waals surface area contributed by atoms with Crippen molar-refractivity contribution in [3.05, 3.63) is 54.6 Å². The van der Waals surface area contributed by atoms with Crippen molar-refractivity contribution in [1.29, 1.82) is 0 Å². The van der Waals surface area contributed by atoms with E-state index in [4.69, 9.17) is 9.72 Å². The molecule has 1 aliphatic rings. The quantitative estimate of drug-likeness (QED) is 0.375. The number of anilines is 1. The lowest BCUT2D eigenvalue weighted by atomic mass is 9.93. The monoisotopic (exact) mass is 486 g/mol. The highest BCUT2D eigenvalue weighted by Crippen LogP contribution is 2.36. The fraction of sp³-hybridized carbons (Fsp3) is 0.333. The molecule has 3 heterocycles. The van der Waals surface area contributed by atoms with Gasteiger partial charge >= 0.3 is 0 Å². The van der Waals surface area contributed by atoms with Gasteiger partial charge in [0.05, 0.1) is 25.1 Å². The Morgan fingerprint density at radius 2 is 1.89 bits per heavy atom. The number of carbonyl (C=O) groups is 1. The van der Waals surface area contributed by atoms with E-state index in [-0.39, 0.29) is 23.7 Å². The van der Waals surface area contributed by atoms with Gasteiger partial charge in [0.2, 0.25) is 0 Å². The molecule has 4 aromatic rings. The van der Waals surface area contributed by atoms with Crippen molar-refractivity contribution in [1.82, 2.24) is 24.8 Å². The van der Waals surface area contributed by atoms with E-state index in [2.05, 4.69) is 20.3 Å². The number of benzene rings is 1. The van der Waals surface area contributed by atoms with Gasteiger partial charge in [-0.1, -0.05) is 18.2 Å². The predicted molar refractivity (Wildman–Crippen MR) is 139 cm³/mol. The van der Waals surface area contributed by atoms with E-state index in [0.717, 1.165) is 59.2 Å². The number of aliphatic hydroxyl groups is 1. The van der Waals surface area contributed by atoms with Crippen molar-refractivity contribution in [2.24, 2.45) is 0 Å². The minimum atomic E-state index is -0.254. The van der Waals surface area contributed by atoms with Gasteiger partial charge in [-0.3, -0.25) is 4.79 Å². The third-order valence-corrected chi connectivity index (χ3v) is 6.64. The highest BCUT2D eigenvalue weighted by atomic mass is 16.5. The summed E-state index contributed by atoms with van der Waals surface area (Å²) in [6.45, 7) is 0. The van der Waals surface area contributed by atoms with E-state index < -0.39 is 0 Å². The molecule has 9 nitrogen and oxygen atoms in total. The summed E-state index contributed by atoms with van der Waals surface area (Å²) in [6, 6.07) is 9.98. The average molecular weight is 487 g/mol. The van der Waals surface area contributed by atoms with Crippen LogP contribution in [0.5, 0.6) is 5.75 Å². The van der Waals surface area contributed by atoms with Crippen molar-refractivity contribution in [2.45, 2.75) is 37.8 Å². The molecular weight excluding hydrogens is 456 g/mol.